The number of aryl methyl sites for hydroxylation is 2. The van der Waals surface area contributed by atoms with Gasteiger partial charge in [-0.15, -0.1) is 0 Å². The topological polar surface area (TPSA) is 24.1 Å². The molecule has 21 heavy (non-hydrogen) atoms. The van der Waals surface area contributed by atoms with Gasteiger partial charge in [-0.3, -0.25) is 0 Å². The Kier molecular flexibility index (Phi) is 2.75. The van der Waals surface area contributed by atoms with Gasteiger partial charge in [0, 0.05) is 30.9 Å². The Balaban J connectivity index is 2.00. The summed E-state index contributed by atoms with van der Waals surface area (Å²) in [6.45, 7) is 0. The molecule has 2 N–H and O–H groups in total. The Labute approximate surface area is 126 Å². The van der Waals surface area contributed by atoms with Crippen LogP contribution in [0.5, 0.6) is 0 Å². The van der Waals surface area contributed by atoms with Crippen LogP contribution in [0.1, 0.15) is 35.1 Å². The molecule has 0 aromatic heterocycles. The van der Waals surface area contributed by atoms with Crippen molar-refractivity contribution in [1.82, 2.24) is 0 Å². The molecule has 2 nitrogen and oxygen atoms in total. The van der Waals surface area contributed by atoms with Gasteiger partial charge in [0.25, 0.3) is 0 Å². The molecule has 4 rings (SSSR count). The number of hydrogen-bond acceptors (Lipinski definition) is 2. The molecule has 0 unspecified atom stereocenters. The van der Waals surface area contributed by atoms with Crippen molar-refractivity contribution in [3.8, 4) is 0 Å². The zero-order valence-corrected chi connectivity index (χ0v) is 12.8. The van der Waals surface area contributed by atoms with Crippen molar-refractivity contribution >= 4 is 11.4 Å². The molecule has 0 saturated heterocycles. The molecule has 0 radical (unpaired) electrons. The van der Waals surface area contributed by atoms with Gasteiger partial charge in [0.1, 0.15) is 0 Å². The average molecular weight is 278 g/mol. The van der Waals surface area contributed by atoms with Crippen molar-refractivity contribution in [1.29, 1.82) is 0 Å². The second-order valence-electron chi connectivity index (χ2n) is 6.26. The monoisotopic (exact) mass is 278 g/mol. The van der Waals surface area contributed by atoms with Gasteiger partial charge in [-0.1, -0.05) is 24.3 Å². The molecule has 2 aliphatic rings. The van der Waals surface area contributed by atoms with Gasteiger partial charge in [0.15, 0.2) is 0 Å². The standard InChI is InChI=1S/C19H22N2/c1-20-15-7-3-5-13-9-11-19(17(13)15)12-10-14-6-4-8-16(21-2)18(14)19/h3-8,20-21H,9-12H2,1-2H3. The second kappa shape index (κ2) is 4.52. The van der Waals surface area contributed by atoms with E-state index in [1.54, 1.807) is 11.1 Å². The maximum atomic E-state index is 3.43. The highest BCUT2D eigenvalue weighted by Gasteiger charge is 2.47. The smallest absolute Gasteiger partial charge is 0.0382 e. The molecule has 0 heterocycles. The maximum absolute atomic E-state index is 3.43. The summed E-state index contributed by atoms with van der Waals surface area (Å²) in [5.41, 5.74) is 8.99. The first-order valence-electron chi connectivity index (χ1n) is 7.90. The fraction of sp³-hybridized carbons (Fsp3) is 0.368. The molecule has 0 atom stereocenters. The summed E-state index contributed by atoms with van der Waals surface area (Å²) >= 11 is 0. The molecule has 0 fully saturated rings. The largest absolute Gasteiger partial charge is 0.388 e. The predicted octanol–water partition coefficient (Wildman–Crippen LogP) is 3.95. The number of benzene rings is 2. The zero-order chi connectivity index (χ0) is 14.4. The van der Waals surface area contributed by atoms with Crippen molar-refractivity contribution in [3.05, 3.63) is 58.7 Å². The van der Waals surface area contributed by atoms with E-state index < -0.39 is 0 Å². The SMILES string of the molecule is CNc1cccc2c1C1(CC2)CCc2cccc(NC)c21. The summed E-state index contributed by atoms with van der Waals surface area (Å²) < 4.78 is 0. The third-order valence-electron chi connectivity index (χ3n) is 5.44. The lowest BCUT2D eigenvalue weighted by molar-refractivity contribution is 0.509. The van der Waals surface area contributed by atoms with Crippen LogP contribution in [0.15, 0.2) is 36.4 Å². The molecule has 2 aromatic rings. The van der Waals surface area contributed by atoms with Crippen LogP contribution in [0.2, 0.25) is 0 Å². The van der Waals surface area contributed by atoms with Crippen LogP contribution >= 0.6 is 0 Å². The minimum atomic E-state index is 0.212. The van der Waals surface area contributed by atoms with Crippen molar-refractivity contribution in [2.75, 3.05) is 24.7 Å². The first kappa shape index (κ1) is 12.8. The Morgan fingerprint density at radius 1 is 0.762 bits per heavy atom. The summed E-state index contributed by atoms with van der Waals surface area (Å²) in [6.07, 6.45) is 4.88. The van der Waals surface area contributed by atoms with Crippen molar-refractivity contribution in [3.63, 3.8) is 0 Å². The molecule has 2 aromatic carbocycles. The third kappa shape index (κ3) is 1.59. The summed E-state index contributed by atoms with van der Waals surface area (Å²) in [6, 6.07) is 13.4. The van der Waals surface area contributed by atoms with Crippen LogP contribution < -0.4 is 10.6 Å². The van der Waals surface area contributed by atoms with E-state index >= 15 is 0 Å². The Hall–Kier alpha value is -1.96. The summed E-state index contributed by atoms with van der Waals surface area (Å²) in [7, 11) is 4.09. The summed E-state index contributed by atoms with van der Waals surface area (Å²) in [4.78, 5) is 0. The molecule has 0 bridgehead atoms. The van der Waals surface area contributed by atoms with Gasteiger partial charge in [-0.2, -0.15) is 0 Å². The number of fused-ring (bicyclic) bond motifs is 4. The lowest BCUT2D eigenvalue weighted by atomic mass is 9.75. The predicted molar refractivity (Wildman–Crippen MR) is 89.4 cm³/mol. The normalized spacial score (nSPS) is 17.6. The quantitative estimate of drug-likeness (QED) is 0.869. The van der Waals surface area contributed by atoms with Gasteiger partial charge in [-0.25, -0.2) is 0 Å². The highest BCUT2D eigenvalue weighted by atomic mass is 14.8. The van der Waals surface area contributed by atoms with Crippen molar-refractivity contribution < 1.29 is 0 Å². The highest BCUT2D eigenvalue weighted by molar-refractivity contribution is 5.71. The number of nitrogens with one attached hydrogen (secondary N) is 2. The lowest BCUT2D eigenvalue weighted by Crippen LogP contribution is -2.23. The fourth-order valence-corrected chi connectivity index (χ4v) is 4.61. The second-order valence-corrected chi connectivity index (χ2v) is 6.26. The van der Waals surface area contributed by atoms with Gasteiger partial charge in [0.2, 0.25) is 0 Å². The first-order chi connectivity index (χ1) is 10.3. The van der Waals surface area contributed by atoms with E-state index in [9.17, 15) is 0 Å². The van der Waals surface area contributed by atoms with E-state index in [4.69, 9.17) is 0 Å². The molecule has 1 spiro atoms. The average Bonchev–Trinajstić information content (AvgIpc) is 3.10. The minimum absolute atomic E-state index is 0.212. The molecule has 108 valence electrons. The molecule has 2 aliphatic carbocycles. The van der Waals surface area contributed by atoms with Crippen LogP contribution in [0.4, 0.5) is 11.4 Å². The van der Waals surface area contributed by atoms with Gasteiger partial charge < -0.3 is 10.6 Å². The zero-order valence-electron chi connectivity index (χ0n) is 12.8. The minimum Gasteiger partial charge on any atom is -0.388 e. The van der Waals surface area contributed by atoms with E-state index in [0.717, 1.165) is 0 Å². The van der Waals surface area contributed by atoms with Gasteiger partial charge >= 0.3 is 0 Å². The number of hydrogen-bond donors (Lipinski definition) is 2. The molecule has 0 saturated carbocycles. The van der Waals surface area contributed by atoms with E-state index in [0.29, 0.717) is 0 Å². The lowest BCUT2D eigenvalue weighted by Gasteiger charge is -2.30. The van der Waals surface area contributed by atoms with Crippen LogP contribution in [-0.4, -0.2) is 14.1 Å². The van der Waals surface area contributed by atoms with Crippen LogP contribution in [0.25, 0.3) is 0 Å². The molecule has 0 aliphatic heterocycles. The molecular weight excluding hydrogens is 256 g/mol. The van der Waals surface area contributed by atoms with Gasteiger partial charge in [0.05, 0.1) is 0 Å². The van der Waals surface area contributed by atoms with Crippen LogP contribution in [0, 0.1) is 0 Å². The third-order valence-corrected chi connectivity index (χ3v) is 5.44. The van der Waals surface area contributed by atoms with E-state index in [-0.39, 0.29) is 5.41 Å². The Morgan fingerprint density at radius 2 is 1.24 bits per heavy atom. The van der Waals surface area contributed by atoms with Crippen LogP contribution in [-0.2, 0) is 18.3 Å². The molecular formula is C19H22N2. The molecule has 2 heteroatoms. The van der Waals surface area contributed by atoms with Gasteiger partial charge in [-0.05, 0) is 60.1 Å². The Bertz CT molecular complexity index is 641. The van der Waals surface area contributed by atoms with E-state index in [1.807, 2.05) is 14.1 Å². The Morgan fingerprint density at radius 3 is 1.67 bits per heavy atom. The number of anilines is 2. The highest BCUT2D eigenvalue weighted by Crippen LogP contribution is 2.56. The van der Waals surface area contributed by atoms with Crippen LogP contribution in [0.3, 0.4) is 0 Å². The van der Waals surface area contributed by atoms with Crippen molar-refractivity contribution in [2.45, 2.75) is 31.1 Å². The van der Waals surface area contributed by atoms with Crippen molar-refractivity contribution in [2.24, 2.45) is 0 Å². The summed E-state index contributed by atoms with van der Waals surface area (Å²) in [5.74, 6) is 0. The molecule has 0 amide bonds. The van der Waals surface area contributed by atoms with E-state index in [1.165, 1.54) is 48.2 Å². The van der Waals surface area contributed by atoms with E-state index in [2.05, 4.69) is 47.0 Å². The maximum Gasteiger partial charge on any atom is 0.0382 e. The first-order valence-corrected chi connectivity index (χ1v) is 7.90. The summed E-state index contributed by atoms with van der Waals surface area (Å²) in [5, 5.41) is 6.85. The fourth-order valence-electron chi connectivity index (χ4n) is 4.61. The number of rotatable bonds is 2.